The molecule has 2 heterocycles. The fourth-order valence-electron chi connectivity index (χ4n) is 4.34. The molecule has 0 aliphatic carbocycles. The highest BCUT2D eigenvalue weighted by molar-refractivity contribution is 6.07. The number of nitrogens with zero attached hydrogens (tertiary/aromatic N) is 3. The van der Waals surface area contributed by atoms with E-state index in [9.17, 15) is 4.79 Å². The van der Waals surface area contributed by atoms with E-state index in [0.29, 0.717) is 11.3 Å². The Kier molecular flexibility index (Phi) is 5.18. The minimum Gasteiger partial charge on any atom is -0.309 e. The number of imidazole rings is 1. The molecule has 3 aromatic carbocycles. The van der Waals surface area contributed by atoms with Gasteiger partial charge in [-0.15, -0.1) is 0 Å². The molecular weight excluding hydrogens is 394 g/mol. The monoisotopic (exact) mass is 415 g/mol. The Morgan fingerprint density at radius 2 is 1.09 bits per heavy atom. The zero-order valence-electron chi connectivity index (χ0n) is 17.4. The normalized spacial score (nSPS) is 11.2. The van der Waals surface area contributed by atoms with Crippen LogP contribution in [0.2, 0.25) is 0 Å². The summed E-state index contributed by atoms with van der Waals surface area (Å²) in [5.74, 6) is -0.0999. The van der Waals surface area contributed by atoms with Crippen LogP contribution in [-0.2, 0) is 5.54 Å². The van der Waals surface area contributed by atoms with Crippen LogP contribution in [0, 0.1) is 0 Å². The number of hydrogen-bond donors (Lipinski definition) is 0. The van der Waals surface area contributed by atoms with Gasteiger partial charge >= 0.3 is 0 Å². The first-order valence-corrected chi connectivity index (χ1v) is 10.5. The Hall–Kier alpha value is -4.31. The largest absolute Gasteiger partial charge is 0.309 e. The summed E-state index contributed by atoms with van der Waals surface area (Å²) in [5.41, 5.74) is 3.42. The molecule has 0 fully saturated rings. The van der Waals surface area contributed by atoms with Crippen LogP contribution in [0.15, 0.2) is 128 Å². The molecule has 0 bridgehead atoms. The molecule has 0 aliphatic rings. The maximum absolute atomic E-state index is 13.6. The summed E-state index contributed by atoms with van der Waals surface area (Å²) in [6.07, 6.45) is 6.66. The maximum atomic E-state index is 13.6. The number of carbonyl (C=O) groups is 1. The average Bonchev–Trinajstić information content (AvgIpc) is 3.37. The van der Waals surface area contributed by atoms with Crippen LogP contribution in [0.3, 0.4) is 0 Å². The lowest BCUT2D eigenvalue weighted by Gasteiger charge is -2.38. The first-order chi connectivity index (χ1) is 15.8. The highest BCUT2D eigenvalue weighted by atomic mass is 16.1. The SMILES string of the molecule is O=C(c1ccncc1)c1cncn1C(c1ccccc1)(c1ccccc1)c1ccccc1. The smallest absolute Gasteiger partial charge is 0.211 e. The van der Waals surface area contributed by atoms with E-state index >= 15 is 0 Å². The first-order valence-electron chi connectivity index (χ1n) is 10.5. The quantitative estimate of drug-likeness (QED) is 0.277. The van der Waals surface area contributed by atoms with Crippen molar-refractivity contribution < 1.29 is 4.79 Å². The summed E-state index contributed by atoms with van der Waals surface area (Å²) in [4.78, 5) is 22.1. The van der Waals surface area contributed by atoms with Gasteiger partial charge in [-0.1, -0.05) is 91.0 Å². The third-order valence-corrected chi connectivity index (χ3v) is 5.75. The number of benzene rings is 3. The lowest BCUT2D eigenvalue weighted by atomic mass is 9.76. The lowest BCUT2D eigenvalue weighted by Crippen LogP contribution is -2.39. The summed E-state index contributed by atoms with van der Waals surface area (Å²) in [5, 5.41) is 0. The Balaban J connectivity index is 1.85. The molecule has 0 N–H and O–H groups in total. The van der Waals surface area contributed by atoms with Crippen molar-refractivity contribution in [2.75, 3.05) is 0 Å². The van der Waals surface area contributed by atoms with Gasteiger partial charge in [0.1, 0.15) is 11.2 Å². The van der Waals surface area contributed by atoms with Crippen LogP contribution in [0.25, 0.3) is 0 Å². The van der Waals surface area contributed by atoms with E-state index in [0.717, 1.165) is 16.7 Å². The second-order valence-corrected chi connectivity index (χ2v) is 7.52. The minimum atomic E-state index is -0.779. The molecule has 32 heavy (non-hydrogen) atoms. The van der Waals surface area contributed by atoms with E-state index in [1.54, 1.807) is 37.1 Å². The molecule has 0 saturated heterocycles. The topological polar surface area (TPSA) is 47.8 Å². The number of pyridine rings is 1. The Labute approximate surface area is 186 Å². The predicted octanol–water partition coefficient (Wildman–Crippen LogP) is 5.35. The molecule has 0 saturated carbocycles. The maximum Gasteiger partial charge on any atom is 0.211 e. The predicted molar refractivity (Wildman–Crippen MR) is 125 cm³/mol. The van der Waals surface area contributed by atoms with Crippen LogP contribution in [0.5, 0.6) is 0 Å². The van der Waals surface area contributed by atoms with E-state index in [4.69, 9.17) is 0 Å². The van der Waals surface area contributed by atoms with Crippen LogP contribution < -0.4 is 0 Å². The number of aromatic nitrogens is 3. The first kappa shape index (κ1) is 19.6. The van der Waals surface area contributed by atoms with Gasteiger partial charge < -0.3 is 4.57 Å². The van der Waals surface area contributed by atoms with Crippen molar-refractivity contribution in [3.8, 4) is 0 Å². The summed E-state index contributed by atoms with van der Waals surface area (Å²) >= 11 is 0. The molecular formula is C28H21N3O. The molecule has 4 nitrogen and oxygen atoms in total. The fraction of sp³-hybridized carbons (Fsp3) is 0.0357. The number of hydrogen-bond acceptors (Lipinski definition) is 3. The van der Waals surface area contributed by atoms with E-state index in [2.05, 4.69) is 46.4 Å². The van der Waals surface area contributed by atoms with Gasteiger partial charge in [0.15, 0.2) is 0 Å². The van der Waals surface area contributed by atoms with Gasteiger partial charge in [0.2, 0.25) is 5.78 Å². The van der Waals surface area contributed by atoms with Crippen LogP contribution >= 0.6 is 0 Å². The molecule has 0 spiro atoms. The zero-order chi connectivity index (χ0) is 21.8. The van der Waals surface area contributed by atoms with Crippen molar-refractivity contribution in [3.63, 3.8) is 0 Å². The molecule has 5 rings (SSSR count). The number of ketones is 1. The van der Waals surface area contributed by atoms with Crippen molar-refractivity contribution in [1.82, 2.24) is 14.5 Å². The Morgan fingerprint density at radius 3 is 1.56 bits per heavy atom. The number of carbonyl (C=O) groups excluding carboxylic acids is 1. The van der Waals surface area contributed by atoms with Gasteiger partial charge in [-0.05, 0) is 28.8 Å². The zero-order valence-corrected chi connectivity index (χ0v) is 17.4. The average molecular weight is 415 g/mol. The van der Waals surface area contributed by atoms with Gasteiger partial charge in [-0.3, -0.25) is 9.78 Å². The summed E-state index contributed by atoms with van der Waals surface area (Å²) in [6.45, 7) is 0. The second kappa shape index (κ2) is 8.44. The minimum absolute atomic E-state index is 0.0999. The van der Waals surface area contributed by atoms with Gasteiger partial charge in [-0.2, -0.15) is 0 Å². The third-order valence-electron chi connectivity index (χ3n) is 5.75. The van der Waals surface area contributed by atoms with Crippen molar-refractivity contribution in [2.45, 2.75) is 5.54 Å². The standard InChI is InChI=1S/C28H21N3O/c32-27(22-16-18-29-19-17-22)26-20-30-21-31(26)28(23-10-4-1-5-11-23,24-12-6-2-7-13-24)25-14-8-3-9-15-25/h1-21H. The van der Waals surface area contributed by atoms with Gasteiger partial charge in [0, 0.05) is 18.0 Å². The highest BCUT2D eigenvalue weighted by Crippen LogP contribution is 2.41. The van der Waals surface area contributed by atoms with Crippen molar-refractivity contribution in [1.29, 1.82) is 0 Å². The second-order valence-electron chi connectivity index (χ2n) is 7.52. The molecule has 0 amide bonds. The van der Waals surface area contributed by atoms with Crippen molar-refractivity contribution >= 4 is 5.78 Å². The van der Waals surface area contributed by atoms with E-state index in [1.807, 2.05) is 59.2 Å². The van der Waals surface area contributed by atoms with E-state index < -0.39 is 5.54 Å². The summed E-state index contributed by atoms with van der Waals surface area (Å²) in [6, 6.07) is 34.2. The van der Waals surface area contributed by atoms with Gasteiger partial charge in [0.05, 0.1) is 12.5 Å². The fourth-order valence-corrected chi connectivity index (χ4v) is 4.34. The Bertz CT molecular complexity index is 1220. The van der Waals surface area contributed by atoms with Crippen LogP contribution in [0.1, 0.15) is 32.7 Å². The van der Waals surface area contributed by atoms with E-state index in [1.165, 1.54) is 0 Å². The van der Waals surface area contributed by atoms with Crippen molar-refractivity contribution in [2.24, 2.45) is 0 Å². The lowest BCUT2D eigenvalue weighted by molar-refractivity contribution is 0.102. The molecule has 5 aromatic rings. The molecule has 0 atom stereocenters. The third kappa shape index (κ3) is 3.22. The Morgan fingerprint density at radius 1 is 0.625 bits per heavy atom. The van der Waals surface area contributed by atoms with Crippen molar-refractivity contribution in [3.05, 3.63) is 156 Å². The molecule has 154 valence electrons. The van der Waals surface area contributed by atoms with Crippen LogP contribution in [-0.4, -0.2) is 20.3 Å². The molecule has 0 aliphatic heterocycles. The van der Waals surface area contributed by atoms with Gasteiger partial charge in [-0.25, -0.2) is 4.98 Å². The molecule has 4 heteroatoms. The molecule has 0 radical (unpaired) electrons. The van der Waals surface area contributed by atoms with Crippen LogP contribution in [0.4, 0.5) is 0 Å². The molecule has 0 unspecified atom stereocenters. The highest BCUT2D eigenvalue weighted by Gasteiger charge is 2.40. The number of rotatable bonds is 6. The van der Waals surface area contributed by atoms with E-state index in [-0.39, 0.29) is 5.78 Å². The summed E-state index contributed by atoms with van der Waals surface area (Å²) in [7, 11) is 0. The van der Waals surface area contributed by atoms with Gasteiger partial charge in [0.25, 0.3) is 0 Å². The summed E-state index contributed by atoms with van der Waals surface area (Å²) < 4.78 is 2.00. The molecule has 2 aromatic heterocycles.